The number of halogens is 2. The fraction of sp³-hybridized carbons (Fsp3) is 0. The SMILES string of the molecule is Fc1ccc(C=Nc2ccc(-c3ncon3)cc2)cc1F. The fourth-order valence-electron chi connectivity index (χ4n) is 1.74. The number of aromatic nitrogens is 2. The molecule has 21 heavy (non-hydrogen) atoms. The average Bonchev–Trinajstić information content (AvgIpc) is 3.03. The van der Waals surface area contributed by atoms with Crippen molar-refractivity contribution in [3.8, 4) is 11.4 Å². The third-order valence-electron chi connectivity index (χ3n) is 2.79. The van der Waals surface area contributed by atoms with Gasteiger partial charge in [-0.15, -0.1) is 0 Å². The lowest BCUT2D eigenvalue weighted by atomic mass is 10.2. The van der Waals surface area contributed by atoms with Crippen molar-refractivity contribution in [1.82, 2.24) is 10.1 Å². The molecule has 0 amide bonds. The minimum absolute atomic E-state index is 0.483. The van der Waals surface area contributed by atoms with E-state index in [4.69, 9.17) is 0 Å². The van der Waals surface area contributed by atoms with Gasteiger partial charge in [-0.2, -0.15) is 4.98 Å². The maximum Gasteiger partial charge on any atom is 0.214 e. The van der Waals surface area contributed by atoms with Gasteiger partial charge >= 0.3 is 0 Å². The largest absolute Gasteiger partial charge is 0.342 e. The quantitative estimate of drug-likeness (QED) is 0.688. The van der Waals surface area contributed by atoms with Crippen LogP contribution in [0.2, 0.25) is 0 Å². The van der Waals surface area contributed by atoms with E-state index in [0.29, 0.717) is 17.1 Å². The van der Waals surface area contributed by atoms with E-state index in [1.165, 1.54) is 18.7 Å². The molecule has 0 spiro atoms. The van der Waals surface area contributed by atoms with E-state index in [2.05, 4.69) is 19.7 Å². The maximum absolute atomic E-state index is 13.1. The summed E-state index contributed by atoms with van der Waals surface area (Å²) in [6.07, 6.45) is 2.72. The predicted molar refractivity (Wildman–Crippen MR) is 73.3 cm³/mol. The average molecular weight is 285 g/mol. The number of nitrogens with zero attached hydrogens (tertiary/aromatic N) is 3. The van der Waals surface area contributed by atoms with E-state index in [1.807, 2.05) is 0 Å². The summed E-state index contributed by atoms with van der Waals surface area (Å²) >= 11 is 0. The number of hydrogen-bond acceptors (Lipinski definition) is 4. The third-order valence-corrected chi connectivity index (χ3v) is 2.79. The summed E-state index contributed by atoms with van der Waals surface area (Å²) in [5, 5.41) is 3.73. The molecule has 0 N–H and O–H groups in total. The van der Waals surface area contributed by atoms with E-state index in [1.54, 1.807) is 24.3 Å². The molecule has 0 aliphatic rings. The van der Waals surface area contributed by atoms with E-state index >= 15 is 0 Å². The molecule has 6 heteroatoms. The monoisotopic (exact) mass is 285 g/mol. The van der Waals surface area contributed by atoms with Crippen molar-refractivity contribution in [3.05, 3.63) is 66.1 Å². The first-order valence-corrected chi connectivity index (χ1v) is 6.08. The van der Waals surface area contributed by atoms with Crippen molar-refractivity contribution in [2.24, 2.45) is 4.99 Å². The molecule has 0 bridgehead atoms. The Bertz CT molecular complexity index is 768. The molecule has 3 aromatic rings. The topological polar surface area (TPSA) is 51.3 Å². The molecule has 0 aliphatic heterocycles. The molecule has 104 valence electrons. The van der Waals surface area contributed by atoms with Crippen molar-refractivity contribution in [2.75, 3.05) is 0 Å². The molecular weight excluding hydrogens is 276 g/mol. The lowest BCUT2D eigenvalue weighted by molar-refractivity contribution is 0.419. The highest BCUT2D eigenvalue weighted by Crippen LogP contribution is 2.19. The summed E-state index contributed by atoms with van der Waals surface area (Å²) in [6.45, 7) is 0. The Kier molecular flexibility index (Phi) is 3.51. The summed E-state index contributed by atoms with van der Waals surface area (Å²) in [4.78, 5) is 8.13. The highest BCUT2D eigenvalue weighted by atomic mass is 19.2. The van der Waals surface area contributed by atoms with Crippen LogP contribution in [0.5, 0.6) is 0 Å². The first-order valence-electron chi connectivity index (χ1n) is 6.08. The first kappa shape index (κ1) is 13.1. The third kappa shape index (κ3) is 3.00. The normalized spacial score (nSPS) is 11.1. The Morgan fingerprint density at radius 1 is 1.00 bits per heavy atom. The minimum Gasteiger partial charge on any atom is -0.342 e. The van der Waals surface area contributed by atoms with Gasteiger partial charge in [-0.05, 0) is 42.0 Å². The second kappa shape index (κ2) is 5.62. The van der Waals surface area contributed by atoms with Gasteiger partial charge in [-0.1, -0.05) is 11.2 Å². The number of hydrogen-bond donors (Lipinski definition) is 0. The zero-order chi connectivity index (χ0) is 14.7. The zero-order valence-corrected chi connectivity index (χ0v) is 10.7. The molecule has 0 fully saturated rings. The highest BCUT2D eigenvalue weighted by molar-refractivity contribution is 5.82. The van der Waals surface area contributed by atoms with Gasteiger partial charge in [-0.25, -0.2) is 8.78 Å². The van der Waals surface area contributed by atoms with Gasteiger partial charge < -0.3 is 4.52 Å². The van der Waals surface area contributed by atoms with Crippen LogP contribution in [0.4, 0.5) is 14.5 Å². The van der Waals surface area contributed by atoms with Crippen LogP contribution in [0.15, 0.2) is 58.4 Å². The Morgan fingerprint density at radius 2 is 1.81 bits per heavy atom. The van der Waals surface area contributed by atoms with E-state index in [9.17, 15) is 8.78 Å². The van der Waals surface area contributed by atoms with Crippen molar-refractivity contribution in [1.29, 1.82) is 0 Å². The predicted octanol–water partition coefficient (Wildman–Crippen LogP) is 3.77. The van der Waals surface area contributed by atoms with Crippen LogP contribution in [-0.4, -0.2) is 16.4 Å². The van der Waals surface area contributed by atoms with Gasteiger partial charge in [0, 0.05) is 11.8 Å². The molecule has 4 nitrogen and oxygen atoms in total. The summed E-state index contributed by atoms with van der Waals surface area (Å²) in [7, 11) is 0. The van der Waals surface area contributed by atoms with Crippen LogP contribution < -0.4 is 0 Å². The molecular formula is C15H9F2N3O. The minimum atomic E-state index is -0.897. The Morgan fingerprint density at radius 3 is 2.48 bits per heavy atom. The molecule has 0 radical (unpaired) electrons. The molecule has 0 aliphatic carbocycles. The van der Waals surface area contributed by atoms with Crippen LogP contribution in [0.25, 0.3) is 11.4 Å². The smallest absolute Gasteiger partial charge is 0.214 e. The van der Waals surface area contributed by atoms with E-state index < -0.39 is 11.6 Å². The summed E-state index contributed by atoms with van der Waals surface area (Å²) in [5.41, 5.74) is 1.96. The van der Waals surface area contributed by atoms with Crippen molar-refractivity contribution < 1.29 is 13.3 Å². The van der Waals surface area contributed by atoms with Gasteiger partial charge in [0.15, 0.2) is 11.6 Å². The number of aliphatic imine (C=N–C) groups is 1. The molecule has 0 atom stereocenters. The Hall–Kier alpha value is -2.89. The number of benzene rings is 2. The highest BCUT2D eigenvalue weighted by Gasteiger charge is 2.02. The lowest BCUT2D eigenvalue weighted by Crippen LogP contribution is -1.87. The Labute approximate surface area is 118 Å². The number of rotatable bonds is 3. The molecule has 0 unspecified atom stereocenters. The first-order chi connectivity index (χ1) is 10.2. The van der Waals surface area contributed by atoms with E-state index in [0.717, 1.165) is 17.7 Å². The van der Waals surface area contributed by atoms with Crippen LogP contribution in [0.1, 0.15) is 5.56 Å². The van der Waals surface area contributed by atoms with Crippen LogP contribution >= 0.6 is 0 Å². The van der Waals surface area contributed by atoms with Crippen molar-refractivity contribution in [2.45, 2.75) is 0 Å². The summed E-state index contributed by atoms with van der Waals surface area (Å²) < 4.78 is 30.5. The van der Waals surface area contributed by atoms with Crippen molar-refractivity contribution in [3.63, 3.8) is 0 Å². The van der Waals surface area contributed by atoms with Crippen molar-refractivity contribution >= 4 is 11.9 Å². The molecule has 1 aromatic heterocycles. The molecule has 1 heterocycles. The zero-order valence-electron chi connectivity index (χ0n) is 10.7. The molecule has 0 saturated heterocycles. The molecule has 0 saturated carbocycles. The maximum atomic E-state index is 13.1. The molecule has 2 aromatic carbocycles. The van der Waals surface area contributed by atoms with Gasteiger partial charge in [-0.3, -0.25) is 4.99 Å². The summed E-state index contributed by atoms with van der Waals surface area (Å²) in [6, 6.07) is 10.7. The van der Waals surface area contributed by atoms with Gasteiger partial charge in [0.25, 0.3) is 0 Å². The standard InChI is InChI=1S/C15H9F2N3O/c16-13-6-1-10(7-14(13)17)8-18-12-4-2-11(3-5-12)15-19-9-21-20-15/h1-9H. The summed E-state index contributed by atoms with van der Waals surface area (Å²) in [5.74, 6) is -1.28. The van der Waals surface area contributed by atoms with Crippen LogP contribution in [-0.2, 0) is 0 Å². The lowest BCUT2D eigenvalue weighted by Gasteiger charge is -1.97. The van der Waals surface area contributed by atoms with Gasteiger partial charge in [0.05, 0.1) is 5.69 Å². The Balaban J connectivity index is 1.78. The van der Waals surface area contributed by atoms with Crippen LogP contribution in [0.3, 0.4) is 0 Å². The fourth-order valence-corrected chi connectivity index (χ4v) is 1.74. The second-order valence-corrected chi connectivity index (χ2v) is 4.23. The van der Waals surface area contributed by atoms with Crippen LogP contribution in [0, 0.1) is 11.6 Å². The van der Waals surface area contributed by atoms with Gasteiger partial charge in [0.1, 0.15) is 0 Å². The molecule has 3 rings (SSSR count). The van der Waals surface area contributed by atoms with Gasteiger partial charge in [0.2, 0.25) is 12.2 Å². The second-order valence-electron chi connectivity index (χ2n) is 4.23. The van der Waals surface area contributed by atoms with E-state index in [-0.39, 0.29) is 0 Å².